The van der Waals surface area contributed by atoms with Crippen LogP contribution in [0.1, 0.15) is 30.9 Å². The van der Waals surface area contributed by atoms with Crippen molar-refractivity contribution in [2.45, 2.75) is 46.2 Å². The van der Waals surface area contributed by atoms with Crippen LogP contribution in [0.3, 0.4) is 0 Å². The molecule has 0 fully saturated rings. The number of hydrogen-bond acceptors (Lipinski definition) is 0. The lowest BCUT2D eigenvalue weighted by atomic mass is 10.1. The third-order valence-corrected chi connectivity index (χ3v) is 4.01. The summed E-state index contributed by atoms with van der Waals surface area (Å²) in [6.45, 7) is 6.66. The monoisotopic (exact) mass is 254 g/mol. The highest BCUT2D eigenvalue weighted by Gasteiger charge is 2.25. The molecule has 19 heavy (non-hydrogen) atoms. The molecular weight excluding hydrogens is 232 g/mol. The predicted octanol–water partition coefficient (Wildman–Crippen LogP) is 2.59. The first-order valence-corrected chi connectivity index (χ1v) is 7.31. The van der Waals surface area contributed by atoms with Crippen LogP contribution in [0.25, 0.3) is 11.4 Å². The van der Waals surface area contributed by atoms with E-state index in [-0.39, 0.29) is 0 Å². The van der Waals surface area contributed by atoms with E-state index in [0.717, 1.165) is 19.5 Å². The SMILES string of the molecule is CCc1cc[n+]2c(c1)-c1cc(C)cc[n+]1CCCC2. The molecule has 0 aliphatic carbocycles. The van der Waals surface area contributed by atoms with E-state index in [2.05, 4.69) is 59.6 Å². The van der Waals surface area contributed by atoms with Crippen LogP contribution in [0.15, 0.2) is 36.7 Å². The lowest BCUT2D eigenvalue weighted by Gasteiger charge is -2.10. The normalized spacial score (nSPS) is 14.2. The molecule has 0 unspecified atom stereocenters. The molecule has 98 valence electrons. The Kier molecular flexibility index (Phi) is 3.33. The topological polar surface area (TPSA) is 7.76 Å². The molecular formula is C17H22N2+2. The lowest BCUT2D eigenvalue weighted by molar-refractivity contribution is -0.725. The van der Waals surface area contributed by atoms with Gasteiger partial charge in [-0.2, -0.15) is 9.13 Å². The van der Waals surface area contributed by atoms with Gasteiger partial charge in [0.25, 0.3) is 11.4 Å². The van der Waals surface area contributed by atoms with Gasteiger partial charge in [0.15, 0.2) is 12.4 Å². The minimum Gasteiger partial charge on any atom is -0.193 e. The van der Waals surface area contributed by atoms with Gasteiger partial charge < -0.3 is 0 Å². The summed E-state index contributed by atoms with van der Waals surface area (Å²) in [6.07, 6.45) is 8.09. The maximum Gasteiger partial charge on any atom is 0.277 e. The van der Waals surface area contributed by atoms with Crippen molar-refractivity contribution in [2.24, 2.45) is 0 Å². The summed E-state index contributed by atoms with van der Waals surface area (Å²) in [5, 5.41) is 0. The fraction of sp³-hybridized carbons (Fsp3) is 0.412. The van der Waals surface area contributed by atoms with Gasteiger partial charge in [0.05, 0.1) is 0 Å². The van der Waals surface area contributed by atoms with Crippen molar-refractivity contribution in [1.82, 2.24) is 0 Å². The predicted molar refractivity (Wildman–Crippen MR) is 75.6 cm³/mol. The summed E-state index contributed by atoms with van der Waals surface area (Å²) in [5.41, 5.74) is 5.47. The Morgan fingerprint density at radius 1 is 0.947 bits per heavy atom. The maximum atomic E-state index is 2.41. The molecule has 0 spiro atoms. The summed E-state index contributed by atoms with van der Waals surface area (Å²) >= 11 is 0. The summed E-state index contributed by atoms with van der Waals surface area (Å²) in [4.78, 5) is 0. The highest BCUT2D eigenvalue weighted by Crippen LogP contribution is 2.16. The van der Waals surface area contributed by atoms with Gasteiger partial charge in [-0.25, -0.2) is 0 Å². The van der Waals surface area contributed by atoms with Gasteiger partial charge in [-0.15, -0.1) is 0 Å². The third kappa shape index (κ3) is 2.40. The number of rotatable bonds is 1. The first-order chi connectivity index (χ1) is 9.28. The van der Waals surface area contributed by atoms with E-state index in [4.69, 9.17) is 0 Å². The minimum absolute atomic E-state index is 1.10. The van der Waals surface area contributed by atoms with E-state index in [1.54, 1.807) is 0 Å². The molecule has 0 aromatic carbocycles. The summed E-state index contributed by atoms with van der Waals surface area (Å²) in [5.74, 6) is 0. The average Bonchev–Trinajstić information content (AvgIpc) is 2.42. The third-order valence-electron chi connectivity index (χ3n) is 4.01. The Labute approximate surface area is 115 Å². The molecule has 1 aliphatic heterocycles. The van der Waals surface area contributed by atoms with Crippen LogP contribution in [0, 0.1) is 6.92 Å². The molecule has 0 saturated heterocycles. The number of aryl methyl sites for hydroxylation is 4. The largest absolute Gasteiger partial charge is 0.277 e. The van der Waals surface area contributed by atoms with Crippen LogP contribution in [0.4, 0.5) is 0 Å². The molecule has 3 heterocycles. The number of aromatic nitrogens is 2. The van der Waals surface area contributed by atoms with E-state index in [1.165, 1.54) is 35.4 Å². The molecule has 1 aliphatic rings. The van der Waals surface area contributed by atoms with Gasteiger partial charge in [-0.05, 0) is 24.5 Å². The standard InChI is InChI=1S/C17H22N2/c1-3-15-7-11-19-9-5-4-8-18-10-6-14(2)12-16(18)17(19)13-15/h6-7,10-13H,3-5,8-9H2,1-2H3/q+2. The first kappa shape index (κ1) is 12.3. The fourth-order valence-electron chi connectivity index (χ4n) is 2.82. The van der Waals surface area contributed by atoms with E-state index < -0.39 is 0 Å². The number of pyridine rings is 2. The lowest BCUT2D eigenvalue weighted by Crippen LogP contribution is -2.45. The zero-order valence-corrected chi connectivity index (χ0v) is 11.9. The molecule has 2 aromatic heterocycles. The summed E-state index contributed by atoms with van der Waals surface area (Å²) in [6, 6.07) is 9.14. The van der Waals surface area contributed by atoms with E-state index >= 15 is 0 Å². The maximum absolute atomic E-state index is 2.41. The van der Waals surface area contributed by atoms with Crippen molar-refractivity contribution in [3.05, 3.63) is 47.8 Å². The van der Waals surface area contributed by atoms with Gasteiger partial charge >= 0.3 is 0 Å². The van der Waals surface area contributed by atoms with Crippen LogP contribution in [0.2, 0.25) is 0 Å². The Bertz CT molecular complexity index is 602. The summed E-state index contributed by atoms with van der Waals surface area (Å²) in [7, 11) is 0. The van der Waals surface area contributed by atoms with Crippen molar-refractivity contribution in [3.8, 4) is 11.4 Å². The Balaban J connectivity index is 2.22. The van der Waals surface area contributed by atoms with E-state index in [9.17, 15) is 0 Å². The van der Waals surface area contributed by atoms with E-state index in [0.29, 0.717) is 0 Å². The number of fused-ring (bicyclic) bond motifs is 3. The second kappa shape index (κ2) is 5.12. The molecule has 0 bridgehead atoms. The molecule has 2 nitrogen and oxygen atoms in total. The number of nitrogens with zero attached hydrogens (tertiary/aromatic N) is 2. The second-order valence-electron chi connectivity index (χ2n) is 5.46. The Morgan fingerprint density at radius 3 is 2.26 bits per heavy atom. The van der Waals surface area contributed by atoms with Crippen LogP contribution in [0.5, 0.6) is 0 Å². The molecule has 2 aromatic rings. The van der Waals surface area contributed by atoms with E-state index in [1.807, 2.05) is 0 Å². The molecule has 2 heteroatoms. The smallest absolute Gasteiger partial charge is 0.193 e. The quantitative estimate of drug-likeness (QED) is 0.691. The van der Waals surface area contributed by atoms with Gasteiger partial charge in [0.2, 0.25) is 0 Å². The zero-order valence-electron chi connectivity index (χ0n) is 11.9. The zero-order chi connectivity index (χ0) is 13.2. The van der Waals surface area contributed by atoms with Crippen LogP contribution in [-0.4, -0.2) is 0 Å². The van der Waals surface area contributed by atoms with Crippen molar-refractivity contribution < 1.29 is 9.13 Å². The van der Waals surface area contributed by atoms with Crippen molar-refractivity contribution in [3.63, 3.8) is 0 Å². The molecule has 3 rings (SSSR count). The molecule has 0 radical (unpaired) electrons. The molecule has 0 saturated carbocycles. The average molecular weight is 254 g/mol. The molecule has 0 atom stereocenters. The van der Waals surface area contributed by atoms with Gasteiger partial charge in [-0.1, -0.05) is 6.92 Å². The first-order valence-electron chi connectivity index (χ1n) is 7.31. The van der Waals surface area contributed by atoms with Crippen LogP contribution >= 0.6 is 0 Å². The van der Waals surface area contributed by atoms with Crippen molar-refractivity contribution >= 4 is 0 Å². The van der Waals surface area contributed by atoms with Gasteiger partial charge in [0, 0.05) is 37.1 Å². The fourth-order valence-corrected chi connectivity index (χ4v) is 2.82. The van der Waals surface area contributed by atoms with Crippen molar-refractivity contribution in [1.29, 1.82) is 0 Å². The highest BCUT2D eigenvalue weighted by atomic mass is 15.0. The van der Waals surface area contributed by atoms with Crippen molar-refractivity contribution in [2.75, 3.05) is 0 Å². The highest BCUT2D eigenvalue weighted by molar-refractivity contribution is 5.49. The van der Waals surface area contributed by atoms with Crippen LogP contribution < -0.4 is 9.13 Å². The second-order valence-corrected chi connectivity index (χ2v) is 5.46. The van der Waals surface area contributed by atoms with Gasteiger partial charge in [0.1, 0.15) is 13.1 Å². The minimum atomic E-state index is 1.10. The molecule has 0 N–H and O–H groups in total. The number of hydrogen-bond donors (Lipinski definition) is 0. The Morgan fingerprint density at radius 2 is 1.58 bits per heavy atom. The molecule has 0 amide bonds. The Hall–Kier alpha value is -1.70. The van der Waals surface area contributed by atoms with Gasteiger partial charge in [-0.3, -0.25) is 0 Å². The summed E-state index contributed by atoms with van der Waals surface area (Å²) < 4.78 is 4.81. The van der Waals surface area contributed by atoms with Crippen LogP contribution in [-0.2, 0) is 19.5 Å².